The van der Waals surface area contributed by atoms with Crippen LogP contribution >= 0.6 is 0 Å². The molecule has 0 unspecified atom stereocenters. The molecule has 0 saturated heterocycles. The predicted octanol–water partition coefficient (Wildman–Crippen LogP) is 2.01. The smallest absolute Gasteiger partial charge is 0.314 e. The van der Waals surface area contributed by atoms with E-state index in [-0.39, 0.29) is 17.9 Å². The van der Waals surface area contributed by atoms with Crippen molar-refractivity contribution in [1.82, 2.24) is 4.98 Å². The third-order valence-electron chi connectivity index (χ3n) is 2.26. The van der Waals surface area contributed by atoms with Gasteiger partial charge in [0.1, 0.15) is 12.0 Å². The van der Waals surface area contributed by atoms with E-state index in [1.807, 2.05) is 0 Å². The van der Waals surface area contributed by atoms with Crippen molar-refractivity contribution in [3.05, 3.63) is 17.7 Å². The molecule has 6 nitrogen and oxygen atoms in total. The number of hydrogen-bond acceptors (Lipinski definition) is 6. The summed E-state index contributed by atoms with van der Waals surface area (Å²) in [5.74, 6) is -0.541. The van der Waals surface area contributed by atoms with Gasteiger partial charge in [0.15, 0.2) is 5.78 Å². The van der Waals surface area contributed by atoms with Crippen LogP contribution in [-0.2, 0) is 9.53 Å². The van der Waals surface area contributed by atoms with Crippen LogP contribution in [0, 0.1) is 0 Å². The van der Waals surface area contributed by atoms with Crippen LogP contribution in [0.4, 0.5) is 0 Å². The fourth-order valence-corrected chi connectivity index (χ4v) is 1.51. The van der Waals surface area contributed by atoms with Crippen molar-refractivity contribution in [3.8, 4) is 11.8 Å². The fraction of sp³-hybridized carbons (Fsp3) is 0.500. The van der Waals surface area contributed by atoms with Crippen LogP contribution in [0.3, 0.4) is 0 Å². The molecule has 110 valence electrons. The molecule has 0 aromatic carbocycles. The zero-order valence-corrected chi connectivity index (χ0v) is 12.4. The number of methoxy groups -OCH3 is 2. The molecule has 1 aromatic rings. The molecule has 0 amide bonds. The molecule has 20 heavy (non-hydrogen) atoms. The SMILES string of the molecule is COc1ccc(C(=O)CC(=O)OC(C)(C)C)c(OC)n1. The summed E-state index contributed by atoms with van der Waals surface area (Å²) in [5.41, 5.74) is -0.404. The summed E-state index contributed by atoms with van der Waals surface area (Å²) in [6, 6.07) is 3.04. The van der Waals surface area contributed by atoms with E-state index in [9.17, 15) is 9.59 Å². The number of pyridine rings is 1. The summed E-state index contributed by atoms with van der Waals surface area (Å²) >= 11 is 0. The Hall–Kier alpha value is -2.11. The minimum absolute atomic E-state index is 0.123. The highest BCUT2D eigenvalue weighted by molar-refractivity contribution is 6.07. The predicted molar refractivity (Wildman–Crippen MR) is 72.1 cm³/mol. The Labute approximate surface area is 118 Å². The van der Waals surface area contributed by atoms with Crippen molar-refractivity contribution in [3.63, 3.8) is 0 Å². The maximum Gasteiger partial charge on any atom is 0.314 e. The quantitative estimate of drug-likeness (QED) is 0.467. The highest BCUT2D eigenvalue weighted by Crippen LogP contribution is 2.21. The first-order valence-corrected chi connectivity index (χ1v) is 6.11. The van der Waals surface area contributed by atoms with Crippen molar-refractivity contribution in [2.75, 3.05) is 14.2 Å². The number of aromatic nitrogens is 1. The Balaban J connectivity index is 2.85. The molecule has 0 spiro atoms. The molecule has 1 heterocycles. The summed E-state index contributed by atoms with van der Waals surface area (Å²) in [5, 5.41) is 0. The fourth-order valence-electron chi connectivity index (χ4n) is 1.51. The van der Waals surface area contributed by atoms with Gasteiger partial charge in [-0.1, -0.05) is 0 Å². The lowest BCUT2D eigenvalue weighted by atomic mass is 10.1. The molecule has 0 N–H and O–H groups in total. The van der Waals surface area contributed by atoms with Crippen molar-refractivity contribution >= 4 is 11.8 Å². The lowest BCUT2D eigenvalue weighted by Gasteiger charge is -2.19. The number of hydrogen-bond donors (Lipinski definition) is 0. The number of carbonyl (C=O) groups excluding carboxylic acids is 2. The molecule has 0 aliphatic carbocycles. The lowest BCUT2D eigenvalue weighted by molar-refractivity contribution is -0.153. The molecule has 0 aliphatic rings. The average molecular weight is 281 g/mol. The molecular formula is C14H19NO5. The highest BCUT2D eigenvalue weighted by atomic mass is 16.6. The summed E-state index contributed by atoms with van der Waals surface area (Å²) < 4.78 is 15.1. The summed E-state index contributed by atoms with van der Waals surface area (Å²) in [6.45, 7) is 5.22. The Kier molecular flexibility index (Phi) is 5.07. The normalized spacial score (nSPS) is 10.8. The van der Waals surface area contributed by atoms with E-state index in [0.717, 1.165) is 0 Å². The van der Waals surface area contributed by atoms with Gasteiger partial charge in [-0.05, 0) is 26.8 Å². The second-order valence-electron chi connectivity index (χ2n) is 5.10. The molecule has 0 aliphatic heterocycles. The minimum atomic E-state index is -0.625. The summed E-state index contributed by atoms with van der Waals surface area (Å²) in [6.07, 6.45) is -0.359. The molecule has 0 bridgehead atoms. The molecule has 0 atom stereocenters. The first kappa shape index (κ1) is 15.9. The second kappa shape index (κ2) is 6.36. The molecule has 0 radical (unpaired) electrons. The first-order valence-electron chi connectivity index (χ1n) is 6.11. The van der Waals surface area contributed by atoms with Crippen LogP contribution < -0.4 is 9.47 Å². The van der Waals surface area contributed by atoms with Gasteiger partial charge in [0.25, 0.3) is 0 Å². The largest absolute Gasteiger partial charge is 0.481 e. The van der Waals surface area contributed by atoms with Crippen molar-refractivity contribution in [2.45, 2.75) is 32.8 Å². The summed E-state index contributed by atoms with van der Waals surface area (Å²) in [7, 11) is 2.86. The number of carbonyl (C=O) groups is 2. The number of ether oxygens (including phenoxy) is 3. The van der Waals surface area contributed by atoms with Crippen LogP contribution in [0.2, 0.25) is 0 Å². The van der Waals surface area contributed by atoms with Crippen molar-refractivity contribution in [2.24, 2.45) is 0 Å². The standard InChI is InChI=1S/C14H19NO5/c1-14(2,3)20-12(17)8-10(16)9-6-7-11(18-4)15-13(9)19-5/h6-7H,8H2,1-5H3. The molecule has 1 aromatic heterocycles. The van der Waals surface area contributed by atoms with Crippen molar-refractivity contribution in [1.29, 1.82) is 0 Å². The van der Waals surface area contributed by atoms with Gasteiger partial charge in [0, 0.05) is 6.07 Å². The monoisotopic (exact) mass is 281 g/mol. The maximum absolute atomic E-state index is 12.1. The van der Waals surface area contributed by atoms with E-state index < -0.39 is 17.4 Å². The van der Waals surface area contributed by atoms with Gasteiger partial charge in [0.2, 0.25) is 11.8 Å². The number of Topliss-reactive ketones (excluding diaryl/α,β-unsaturated/α-hetero) is 1. The van der Waals surface area contributed by atoms with Gasteiger partial charge in [0.05, 0.1) is 19.8 Å². The number of rotatable bonds is 5. The molecule has 0 fully saturated rings. The number of esters is 1. The minimum Gasteiger partial charge on any atom is -0.481 e. The second-order valence-corrected chi connectivity index (χ2v) is 5.10. The maximum atomic E-state index is 12.1. The van der Waals surface area contributed by atoms with Crippen LogP contribution in [0.5, 0.6) is 11.8 Å². The third kappa shape index (κ3) is 4.53. The zero-order chi connectivity index (χ0) is 15.3. The Bertz CT molecular complexity index is 505. The van der Waals surface area contributed by atoms with E-state index >= 15 is 0 Å². The number of ketones is 1. The average Bonchev–Trinajstić information content (AvgIpc) is 2.35. The van der Waals surface area contributed by atoms with E-state index in [0.29, 0.717) is 5.88 Å². The van der Waals surface area contributed by atoms with E-state index in [1.54, 1.807) is 20.8 Å². The van der Waals surface area contributed by atoms with Crippen LogP contribution in [0.1, 0.15) is 37.6 Å². The van der Waals surface area contributed by atoms with Gasteiger partial charge in [-0.2, -0.15) is 4.98 Å². The molecular weight excluding hydrogens is 262 g/mol. The Morgan fingerprint density at radius 2 is 1.80 bits per heavy atom. The third-order valence-corrected chi connectivity index (χ3v) is 2.26. The zero-order valence-electron chi connectivity index (χ0n) is 12.4. The van der Waals surface area contributed by atoms with E-state index in [2.05, 4.69) is 4.98 Å². The van der Waals surface area contributed by atoms with Gasteiger partial charge < -0.3 is 14.2 Å². The number of nitrogens with zero attached hydrogens (tertiary/aromatic N) is 1. The molecule has 0 saturated carbocycles. The lowest BCUT2D eigenvalue weighted by Crippen LogP contribution is -2.25. The van der Waals surface area contributed by atoms with E-state index in [1.165, 1.54) is 26.4 Å². The Morgan fingerprint density at radius 1 is 1.15 bits per heavy atom. The van der Waals surface area contributed by atoms with Crippen LogP contribution in [-0.4, -0.2) is 36.6 Å². The van der Waals surface area contributed by atoms with Crippen LogP contribution in [0.15, 0.2) is 12.1 Å². The molecule has 1 rings (SSSR count). The summed E-state index contributed by atoms with van der Waals surface area (Å²) in [4.78, 5) is 27.7. The molecule has 6 heteroatoms. The van der Waals surface area contributed by atoms with E-state index in [4.69, 9.17) is 14.2 Å². The highest BCUT2D eigenvalue weighted by Gasteiger charge is 2.22. The Morgan fingerprint density at radius 3 is 2.30 bits per heavy atom. The van der Waals surface area contributed by atoms with Crippen LogP contribution in [0.25, 0.3) is 0 Å². The topological polar surface area (TPSA) is 74.7 Å². The van der Waals surface area contributed by atoms with Gasteiger partial charge in [-0.25, -0.2) is 0 Å². The first-order chi connectivity index (χ1) is 9.26. The van der Waals surface area contributed by atoms with Gasteiger partial charge in [-0.15, -0.1) is 0 Å². The van der Waals surface area contributed by atoms with Gasteiger partial charge in [-0.3, -0.25) is 9.59 Å². The van der Waals surface area contributed by atoms with Gasteiger partial charge >= 0.3 is 5.97 Å². The van der Waals surface area contributed by atoms with Crippen molar-refractivity contribution < 1.29 is 23.8 Å².